The van der Waals surface area contributed by atoms with Crippen LogP contribution < -0.4 is 5.56 Å². The molecule has 2 aliphatic rings. The van der Waals surface area contributed by atoms with Gasteiger partial charge in [0.25, 0.3) is 5.56 Å². The molecule has 1 unspecified atom stereocenters. The van der Waals surface area contributed by atoms with E-state index in [1.54, 1.807) is 10.6 Å². The lowest BCUT2D eigenvalue weighted by Crippen LogP contribution is -2.33. The number of likely N-dealkylation sites (tertiary alicyclic amines) is 1. The molecule has 150 valence electrons. The SMILES string of the molecule is O=c1c2ccccc2nc(C2CCCN2Cc2ccnc(C3CC3)n2)n1CCO. The zero-order chi connectivity index (χ0) is 19.8. The van der Waals surface area contributed by atoms with Crippen molar-refractivity contribution in [1.29, 1.82) is 0 Å². The van der Waals surface area contributed by atoms with Crippen LogP contribution in [0.4, 0.5) is 0 Å². The predicted octanol–water partition coefficient (Wildman–Crippen LogP) is 2.39. The van der Waals surface area contributed by atoms with E-state index in [1.807, 2.05) is 30.5 Å². The van der Waals surface area contributed by atoms with Crippen LogP contribution in [0.3, 0.4) is 0 Å². The van der Waals surface area contributed by atoms with E-state index in [4.69, 9.17) is 9.97 Å². The number of aromatic nitrogens is 4. The Kier molecular flexibility index (Phi) is 4.85. The van der Waals surface area contributed by atoms with Crippen LogP contribution in [-0.2, 0) is 13.1 Å². The second kappa shape index (κ2) is 7.65. The van der Waals surface area contributed by atoms with E-state index in [-0.39, 0.29) is 24.8 Å². The van der Waals surface area contributed by atoms with Gasteiger partial charge >= 0.3 is 0 Å². The monoisotopic (exact) mass is 391 g/mol. The van der Waals surface area contributed by atoms with Gasteiger partial charge in [-0.3, -0.25) is 14.3 Å². The van der Waals surface area contributed by atoms with Gasteiger partial charge in [0, 0.05) is 18.7 Å². The molecule has 1 aromatic carbocycles. The minimum absolute atomic E-state index is 0.0400. The molecule has 7 heteroatoms. The normalized spacial score (nSPS) is 19.8. The van der Waals surface area contributed by atoms with Crippen LogP contribution in [-0.4, -0.2) is 42.7 Å². The van der Waals surface area contributed by atoms with Crippen LogP contribution >= 0.6 is 0 Å². The third kappa shape index (κ3) is 3.56. The summed E-state index contributed by atoms with van der Waals surface area (Å²) in [7, 11) is 0. The Morgan fingerprint density at radius 1 is 1.10 bits per heavy atom. The van der Waals surface area contributed by atoms with Crippen molar-refractivity contribution in [3.8, 4) is 0 Å². The molecule has 7 nitrogen and oxygen atoms in total. The highest BCUT2D eigenvalue weighted by atomic mass is 16.3. The second-order valence-corrected chi connectivity index (χ2v) is 7.98. The summed E-state index contributed by atoms with van der Waals surface area (Å²) >= 11 is 0. The minimum atomic E-state index is -0.0870. The van der Waals surface area contributed by atoms with Crippen LogP contribution in [0.25, 0.3) is 10.9 Å². The van der Waals surface area contributed by atoms with E-state index in [1.165, 1.54) is 12.8 Å². The predicted molar refractivity (Wildman–Crippen MR) is 109 cm³/mol. The van der Waals surface area contributed by atoms with Crippen LogP contribution in [0.5, 0.6) is 0 Å². The van der Waals surface area contributed by atoms with Gasteiger partial charge in [0.1, 0.15) is 11.6 Å². The number of hydrogen-bond acceptors (Lipinski definition) is 6. The number of fused-ring (bicyclic) bond motifs is 1. The molecule has 3 aromatic rings. The first kappa shape index (κ1) is 18.4. The summed E-state index contributed by atoms with van der Waals surface area (Å²) in [6, 6.07) is 9.46. The van der Waals surface area contributed by atoms with Crippen molar-refractivity contribution in [3.63, 3.8) is 0 Å². The fourth-order valence-electron chi connectivity index (χ4n) is 4.31. The molecule has 3 heterocycles. The van der Waals surface area contributed by atoms with Gasteiger partial charge < -0.3 is 5.11 Å². The lowest BCUT2D eigenvalue weighted by atomic mass is 10.1. The highest BCUT2D eigenvalue weighted by Gasteiger charge is 2.31. The van der Waals surface area contributed by atoms with Crippen molar-refractivity contribution in [2.75, 3.05) is 13.2 Å². The Morgan fingerprint density at radius 2 is 1.97 bits per heavy atom. The van der Waals surface area contributed by atoms with Gasteiger partial charge in [0.2, 0.25) is 0 Å². The van der Waals surface area contributed by atoms with E-state index < -0.39 is 0 Å². The Balaban J connectivity index is 1.50. The van der Waals surface area contributed by atoms with Crippen LogP contribution in [0, 0.1) is 0 Å². The van der Waals surface area contributed by atoms with Gasteiger partial charge in [-0.1, -0.05) is 12.1 Å². The van der Waals surface area contributed by atoms with Gasteiger partial charge in [0.05, 0.1) is 35.8 Å². The Hall–Kier alpha value is -2.64. The van der Waals surface area contributed by atoms with Crippen LogP contribution in [0.2, 0.25) is 0 Å². The van der Waals surface area contributed by atoms with Gasteiger partial charge in [-0.2, -0.15) is 0 Å². The van der Waals surface area contributed by atoms with Gasteiger partial charge in [-0.15, -0.1) is 0 Å². The van der Waals surface area contributed by atoms with Crippen LogP contribution in [0.1, 0.15) is 55.0 Å². The molecule has 0 bridgehead atoms. The third-order valence-electron chi connectivity index (χ3n) is 5.92. The van der Waals surface area contributed by atoms with Gasteiger partial charge in [-0.05, 0) is 50.4 Å². The lowest BCUT2D eigenvalue weighted by molar-refractivity contribution is 0.221. The van der Waals surface area contributed by atoms with Gasteiger partial charge in [0.15, 0.2) is 0 Å². The number of aliphatic hydroxyl groups excluding tert-OH is 1. The summed E-state index contributed by atoms with van der Waals surface area (Å²) in [6.45, 7) is 1.83. The fourth-order valence-corrected chi connectivity index (χ4v) is 4.31. The summed E-state index contributed by atoms with van der Waals surface area (Å²) in [4.78, 5) is 29.5. The molecular weight excluding hydrogens is 366 g/mol. The molecule has 0 radical (unpaired) electrons. The molecule has 1 aliphatic heterocycles. The average molecular weight is 391 g/mol. The third-order valence-corrected chi connectivity index (χ3v) is 5.92. The largest absolute Gasteiger partial charge is 0.395 e. The number of hydrogen-bond donors (Lipinski definition) is 1. The lowest BCUT2D eigenvalue weighted by Gasteiger charge is -2.26. The molecular formula is C22H25N5O2. The average Bonchev–Trinajstić information content (AvgIpc) is 3.50. The standard InChI is InChI=1S/C22H25N5O2/c28-13-12-27-21(25-18-5-2-1-4-17(18)22(27)29)19-6-3-11-26(19)14-16-9-10-23-20(24-16)15-7-8-15/h1-2,4-5,9-10,15,19,28H,3,6-8,11-14H2. The number of rotatable bonds is 6. The van der Waals surface area contributed by atoms with E-state index in [2.05, 4.69) is 9.88 Å². The van der Waals surface area contributed by atoms with Crippen molar-refractivity contribution >= 4 is 10.9 Å². The first-order chi connectivity index (χ1) is 14.2. The minimum Gasteiger partial charge on any atom is -0.395 e. The Bertz CT molecular complexity index is 1090. The quantitative estimate of drug-likeness (QED) is 0.695. The first-order valence-corrected chi connectivity index (χ1v) is 10.4. The summed E-state index contributed by atoms with van der Waals surface area (Å²) in [6.07, 6.45) is 6.22. The van der Waals surface area contributed by atoms with Crippen molar-refractivity contribution in [2.24, 2.45) is 0 Å². The summed E-state index contributed by atoms with van der Waals surface area (Å²) < 4.78 is 1.65. The number of aliphatic hydroxyl groups is 1. The number of benzene rings is 1. The summed E-state index contributed by atoms with van der Waals surface area (Å²) in [5.74, 6) is 2.23. The maximum Gasteiger partial charge on any atom is 0.261 e. The Morgan fingerprint density at radius 3 is 2.79 bits per heavy atom. The van der Waals surface area contributed by atoms with E-state index >= 15 is 0 Å². The van der Waals surface area contributed by atoms with Crippen molar-refractivity contribution in [2.45, 2.75) is 50.7 Å². The topological polar surface area (TPSA) is 84.1 Å². The molecule has 5 rings (SSSR count). The molecule has 2 fully saturated rings. The van der Waals surface area contributed by atoms with Crippen molar-refractivity contribution in [1.82, 2.24) is 24.4 Å². The maximum atomic E-state index is 13.1. The molecule has 1 saturated carbocycles. The maximum absolute atomic E-state index is 13.1. The highest BCUT2D eigenvalue weighted by Crippen LogP contribution is 2.38. The number of para-hydroxylation sites is 1. The zero-order valence-electron chi connectivity index (χ0n) is 16.4. The molecule has 1 saturated heterocycles. The van der Waals surface area contributed by atoms with Crippen LogP contribution in [0.15, 0.2) is 41.3 Å². The molecule has 1 N–H and O–H groups in total. The van der Waals surface area contributed by atoms with Crippen molar-refractivity contribution in [3.05, 3.63) is 64.2 Å². The summed E-state index contributed by atoms with van der Waals surface area (Å²) in [5.41, 5.74) is 1.65. The molecule has 29 heavy (non-hydrogen) atoms. The van der Waals surface area contributed by atoms with Crippen molar-refractivity contribution < 1.29 is 5.11 Å². The fraction of sp³-hybridized carbons (Fsp3) is 0.455. The first-order valence-electron chi connectivity index (χ1n) is 10.4. The molecule has 1 atom stereocenters. The molecule has 1 aliphatic carbocycles. The molecule has 2 aromatic heterocycles. The highest BCUT2D eigenvalue weighted by molar-refractivity contribution is 5.77. The van der Waals surface area contributed by atoms with E-state index in [9.17, 15) is 9.90 Å². The smallest absolute Gasteiger partial charge is 0.261 e. The van der Waals surface area contributed by atoms with Gasteiger partial charge in [-0.25, -0.2) is 15.0 Å². The van der Waals surface area contributed by atoms with E-state index in [0.29, 0.717) is 23.4 Å². The summed E-state index contributed by atoms with van der Waals surface area (Å²) in [5, 5.41) is 10.2. The van der Waals surface area contributed by atoms with E-state index in [0.717, 1.165) is 36.7 Å². The molecule has 0 amide bonds. The number of nitrogens with zero attached hydrogens (tertiary/aromatic N) is 5. The second-order valence-electron chi connectivity index (χ2n) is 7.98. The Labute approximate surface area is 169 Å². The molecule has 0 spiro atoms. The zero-order valence-corrected chi connectivity index (χ0v) is 16.4.